The Labute approximate surface area is 118 Å². The van der Waals surface area contributed by atoms with Gasteiger partial charge in [0.2, 0.25) is 0 Å². The molecule has 1 rings (SSSR count). The highest BCUT2D eigenvalue weighted by molar-refractivity contribution is 5.95. The molecule has 5 heteroatoms. The number of carbonyl (C=O) groups excluding carboxylic acids is 1. The van der Waals surface area contributed by atoms with Crippen LogP contribution in [-0.4, -0.2) is 26.8 Å². The number of rotatable bonds is 6. The van der Waals surface area contributed by atoms with Gasteiger partial charge in [0, 0.05) is 6.08 Å². The molecular weight excluding hydrogens is 258 g/mol. The van der Waals surface area contributed by atoms with Crippen molar-refractivity contribution in [2.45, 2.75) is 13.3 Å². The van der Waals surface area contributed by atoms with Gasteiger partial charge in [-0.2, -0.15) is 5.26 Å². The van der Waals surface area contributed by atoms with E-state index in [1.165, 1.54) is 20.3 Å². The molecular formula is C15H17NO4. The molecule has 0 atom stereocenters. The molecule has 0 N–H and O–H groups in total. The Bertz CT molecular complexity index is 543. The molecule has 0 aliphatic carbocycles. The van der Waals surface area contributed by atoms with Crippen molar-refractivity contribution >= 4 is 11.5 Å². The van der Waals surface area contributed by atoms with Crippen LogP contribution in [0.25, 0.3) is 5.57 Å². The molecule has 0 bridgehead atoms. The molecule has 0 aromatic heterocycles. The molecule has 106 valence electrons. The van der Waals surface area contributed by atoms with Crippen LogP contribution in [0.15, 0.2) is 24.3 Å². The molecule has 0 aliphatic heterocycles. The molecule has 5 nitrogen and oxygen atoms in total. The van der Waals surface area contributed by atoms with Crippen LogP contribution in [0.3, 0.4) is 0 Å². The van der Waals surface area contributed by atoms with E-state index in [0.717, 1.165) is 6.42 Å². The van der Waals surface area contributed by atoms with E-state index < -0.39 is 5.97 Å². The smallest absolute Gasteiger partial charge is 0.332 e. The summed E-state index contributed by atoms with van der Waals surface area (Å²) in [5, 5.41) is 9.15. The van der Waals surface area contributed by atoms with Gasteiger partial charge in [-0.25, -0.2) is 4.79 Å². The first-order valence-corrected chi connectivity index (χ1v) is 6.17. The number of nitriles is 1. The van der Waals surface area contributed by atoms with Gasteiger partial charge in [0.1, 0.15) is 6.07 Å². The minimum absolute atomic E-state index is 0.215. The Morgan fingerprint density at radius 2 is 2.00 bits per heavy atom. The number of nitrogens with zero attached hydrogens (tertiary/aromatic N) is 1. The van der Waals surface area contributed by atoms with Crippen LogP contribution >= 0.6 is 0 Å². The molecule has 0 saturated heterocycles. The third-order valence-corrected chi connectivity index (χ3v) is 2.53. The van der Waals surface area contributed by atoms with E-state index in [0.29, 0.717) is 23.7 Å². The van der Waals surface area contributed by atoms with Crippen LogP contribution in [0, 0.1) is 11.3 Å². The van der Waals surface area contributed by atoms with Gasteiger partial charge in [0.25, 0.3) is 0 Å². The number of allylic oxidation sites excluding steroid dienone is 1. The van der Waals surface area contributed by atoms with Crippen LogP contribution in [0.1, 0.15) is 18.9 Å². The monoisotopic (exact) mass is 275 g/mol. The van der Waals surface area contributed by atoms with Gasteiger partial charge in [0.05, 0.1) is 26.4 Å². The summed E-state index contributed by atoms with van der Waals surface area (Å²) in [5.74, 6) is 0.522. The normalized spacial score (nSPS) is 10.6. The summed E-state index contributed by atoms with van der Waals surface area (Å²) in [4.78, 5) is 11.5. The second kappa shape index (κ2) is 7.85. The third kappa shape index (κ3) is 4.02. The van der Waals surface area contributed by atoms with E-state index in [9.17, 15) is 4.79 Å². The SMILES string of the molecule is CCCOC(=O)C=C(C#N)c1ccc(OC)c(OC)c1. The number of esters is 1. The maximum absolute atomic E-state index is 11.5. The largest absolute Gasteiger partial charge is 0.493 e. The van der Waals surface area contributed by atoms with Crippen molar-refractivity contribution < 1.29 is 19.0 Å². The quantitative estimate of drug-likeness (QED) is 0.453. The topological polar surface area (TPSA) is 68.6 Å². The predicted molar refractivity (Wildman–Crippen MR) is 74.4 cm³/mol. The molecule has 0 amide bonds. The lowest BCUT2D eigenvalue weighted by Crippen LogP contribution is -2.02. The van der Waals surface area contributed by atoms with Crippen LogP contribution in [0.5, 0.6) is 11.5 Å². The Kier molecular flexibility index (Phi) is 6.11. The predicted octanol–water partition coefficient (Wildman–Crippen LogP) is 2.56. The highest BCUT2D eigenvalue weighted by atomic mass is 16.5. The zero-order valence-electron chi connectivity index (χ0n) is 11.8. The number of methoxy groups -OCH3 is 2. The van der Waals surface area contributed by atoms with Gasteiger partial charge in [-0.15, -0.1) is 0 Å². The number of benzene rings is 1. The van der Waals surface area contributed by atoms with E-state index in [1.807, 2.05) is 13.0 Å². The molecule has 1 aromatic rings. The average Bonchev–Trinajstić information content (AvgIpc) is 2.49. The number of hydrogen-bond donors (Lipinski definition) is 0. The van der Waals surface area contributed by atoms with Crippen LogP contribution < -0.4 is 9.47 Å². The Morgan fingerprint density at radius 1 is 1.30 bits per heavy atom. The van der Waals surface area contributed by atoms with E-state index >= 15 is 0 Å². The lowest BCUT2D eigenvalue weighted by molar-refractivity contribution is -0.137. The maximum Gasteiger partial charge on any atom is 0.332 e. The number of ether oxygens (including phenoxy) is 3. The zero-order valence-corrected chi connectivity index (χ0v) is 11.8. The van der Waals surface area contributed by atoms with Crippen molar-refractivity contribution in [3.63, 3.8) is 0 Å². The standard InChI is InChI=1S/C15H17NO4/c1-4-7-20-15(17)9-12(10-16)11-5-6-13(18-2)14(8-11)19-3/h5-6,8-9H,4,7H2,1-3H3. The van der Waals surface area contributed by atoms with Crippen molar-refractivity contribution in [2.75, 3.05) is 20.8 Å². The first-order chi connectivity index (χ1) is 9.65. The molecule has 0 heterocycles. The second-order valence-corrected chi connectivity index (χ2v) is 3.91. The molecule has 0 saturated carbocycles. The lowest BCUT2D eigenvalue weighted by atomic mass is 10.1. The van der Waals surface area contributed by atoms with Gasteiger partial charge >= 0.3 is 5.97 Å². The second-order valence-electron chi connectivity index (χ2n) is 3.91. The summed E-state index contributed by atoms with van der Waals surface area (Å²) in [5.41, 5.74) is 0.783. The minimum atomic E-state index is -0.529. The molecule has 0 fully saturated rings. The van der Waals surface area contributed by atoms with E-state index in [4.69, 9.17) is 19.5 Å². The molecule has 0 radical (unpaired) electrons. The Morgan fingerprint density at radius 3 is 2.55 bits per heavy atom. The summed E-state index contributed by atoms with van der Waals surface area (Å²) in [7, 11) is 3.04. The summed E-state index contributed by atoms with van der Waals surface area (Å²) in [6.07, 6.45) is 1.91. The Hall–Kier alpha value is -2.48. The first kappa shape index (κ1) is 15.6. The molecule has 1 aromatic carbocycles. The maximum atomic E-state index is 11.5. The van der Waals surface area contributed by atoms with Crippen LogP contribution in [0.2, 0.25) is 0 Å². The van der Waals surface area contributed by atoms with Crippen molar-refractivity contribution in [2.24, 2.45) is 0 Å². The summed E-state index contributed by atoms with van der Waals surface area (Å²) in [6, 6.07) is 6.98. The van der Waals surface area contributed by atoms with Gasteiger partial charge < -0.3 is 14.2 Å². The fourth-order valence-electron chi connectivity index (χ4n) is 1.55. The van der Waals surface area contributed by atoms with Crippen molar-refractivity contribution in [3.8, 4) is 17.6 Å². The molecule has 20 heavy (non-hydrogen) atoms. The van der Waals surface area contributed by atoms with Crippen LogP contribution in [0.4, 0.5) is 0 Å². The van der Waals surface area contributed by atoms with Crippen molar-refractivity contribution in [1.82, 2.24) is 0 Å². The van der Waals surface area contributed by atoms with E-state index in [-0.39, 0.29) is 5.57 Å². The Balaban J connectivity index is 3.04. The van der Waals surface area contributed by atoms with Crippen molar-refractivity contribution in [1.29, 1.82) is 5.26 Å². The summed E-state index contributed by atoms with van der Waals surface area (Å²) < 4.78 is 15.2. The highest BCUT2D eigenvalue weighted by Crippen LogP contribution is 2.30. The number of hydrogen-bond acceptors (Lipinski definition) is 5. The van der Waals surface area contributed by atoms with Crippen LogP contribution in [-0.2, 0) is 9.53 Å². The fourth-order valence-corrected chi connectivity index (χ4v) is 1.55. The molecule has 0 unspecified atom stereocenters. The van der Waals surface area contributed by atoms with Crippen molar-refractivity contribution in [3.05, 3.63) is 29.8 Å². The number of carbonyl (C=O) groups is 1. The summed E-state index contributed by atoms with van der Waals surface area (Å²) in [6.45, 7) is 2.23. The van der Waals surface area contributed by atoms with Gasteiger partial charge in [-0.3, -0.25) is 0 Å². The highest BCUT2D eigenvalue weighted by Gasteiger charge is 2.10. The molecule has 0 aliphatic rings. The zero-order chi connectivity index (χ0) is 15.0. The first-order valence-electron chi connectivity index (χ1n) is 6.17. The van der Waals surface area contributed by atoms with Gasteiger partial charge in [-0.1, -0.05) is 6.92 Å². The van der Waals surface area contributed by atoms with E-state index in [1.54, 1.807) is 18.2 Å². The summed E-state index contributed by atoms with van der Waals surface area (Å²) >= 11 is 0. The lowest BCUT2D eigenvalue weighted by Gasteiger charge is -2.09. The van der Waals surface area contributed by atoms with E-state index in [2.05, 4.69) is 0 Å². The third-order valence-electron chi connectivity index (χ3n) is 2.53. The van der Waals surface area contributed by atoms with Gasteiger partial charge in [-0.05, 0) is 30.2 Å². The minimum Gasteiger partial charge on any atom is -0.493 e. The molecule has 0 spiro atoms. The average molecular weight is 275 g/mol. The fraction of sp³-hybridized carbons (Fsp3) is 0.333. The van der Waals surface area contributed by atoms with Gasteiger partial charge in [0.15, 0.2) is 11.5 Å².